The van der Waals surface area contributed by atoms with Crippen LogP contribution in [-0.4, -0.2) is 44.2 Å². The van der Waals surface area contributed by atoms with E-state index in [1.54, 1.807) is 47.1 Å². The molecule has 3 aromatic rings. The first kappa shape index (κ1) is 17.9. The molecule has 7 nitrogen and oxygen atoms in total. The van der Waals surface area contributed by atoms with Crippen LogP contribution in [0.2, 0.25) is 0 Å². The minimum atomic E-state index is -0.840. The first-order valence-electron chi connectivity index (χ1n) is 9.13. The van der Waals surface area contributed by atoms with Gasteiger partial charge in [0, 0.05) is 13.1 Å². The molecule has 0 aliphatic carbocycles. The van der Waals surface area contributed by atoms with Crippen LogP contribution in [-0.2, 0) is 22.5 Å². The lowest BCUT2D eigenvalue weighted by atomic mass is 9.99. The van der Waals surface area contributed by atoms with Gasteiger partial charge < -0.3 is 9.64 Å². The van der Waals surface area contributed by atoms with Crippen molar-refractivity contribution in [2.24, 2.45) is 0 Å². The number of hydrogen-bond donors (Lipinski definition) is 0. The van der Waals surface area contributed by atoms with Gasteiger partial charge in [-0.25, -0.2) is 14.5 Å². The fourth-order valence-corrected chi connectivity index (χ4v) is 3.31. The zero-order valence-corrected chi connectivity index (χ0v) is 15.5. The summed E-state index contributed by atoms with van der Waals surface area (Å²) >= 11 is 0. The second-order valence-electron chi connectivity index (χ2n) is 6.71. The third kappa shape index (κ3) is 3.64. The quantitative estimate of drug-likeness (QED) is 0.654. The molecule has 0 radical (unpaired) electrons. The number of benzene rings is 2. The topological polar surface area (TPSA) is 77.3 Å². The monoisotopic (exact) mass is 376 g/mol. The number of amides is 1. The second kappa shape index (κ2) is 7.64. The highest BCUT2D eigenvalue weighted by Gasteiger charge is 2.27. The van der Waals surface area contributed by atoms with E-state index in [1.165, 1.54) is 11.9 Å². The molecule has 0 saturated heterocycles. The van der Waals surface area contributed by atoms with Gasteiger partial charge in [-0.1, -0.05) is 24.3 Å². The van der Waals surface area contributed by atoms with Gasteiger partial charge in [-0.05, 0) is 48.7 Å². The number of carbonyl (C=O) groups excluding carboxylic acids is 2. The predicted molar refractivity (Wildman–Crippen MR) is 102 cm³/mol. The van der Waals surface area contributed by atoms with Crippen molar-refractivity contribution in [3.63, 3.8) is 0 Å². The van der Waals surface area contributed by atoms with E-state index >= 15 is 0 Å². The average molecular weight is 376 g/mol. The summed E-state index contributed by atoms with van der Waals surface area (Å²) < 4.78 is 7.00. The number of aromatic nitrogens is 3. The van der Waals surface area contributed by atoms with Gasteiger partial charge in [0.15, 0.2) is 6.10 Å². The van der Waals surface area contributed by atoms with E-state index in [2.05, 4.69) is 16.1 Å². The molecule has 0 saturated carbocycles. The molecular formula is C21H20N4O3. The summed E-state index contributed by atoms with van der Waals surface area (Å²) in [4.78, 5) is 30.8. The molecule has 0 spiro atoms. The summed E-state index contributed by atoms with van der Waals surface area (Å²) in [5, 5.41) is 4.04. The van der Waals surface area contributed by atoms with Crippen LogP contribution >= 0.6 is 0 Å². The van der Waals surface area contributed by atoms with E-state index in [-0.39, 0.29) is 5.91 Å². The van der Waals surface area contributed by atoms with Crippen molar-refractivity contribution in [2.75, 3.05) is 6.54 Å². The van der Waals surface area contributed by atoms with E-state index in [1.807, 2.05) is 18.2 Å². The minimum Gasteiger partial charge on any atom is -0.449 e. The summed E-state index contributed by atoms with van der Waals surface area (Å²) in [6, 6.07) is 14.9. The van der Waals surface area contributed by atoms with Gasteiger partial charge >= 0.3 is 5.97 Å². The number of esters is 1. The molecule has 142 valence electrons. The van der Waals surface area contributed by atoms with Crippen LogP contribution in [0.25, 0.3) is 5.69 Å². The molecule has 1 aromatic heterocycles. The Morgan fingerprint density at radius 2 is 1.82 bits per heavy atom. The number of hydrogen-bond acceptors (Lipinski definition) is 5. The van der Waals surface area contributed by atoms with Gasteiger partial charge in [0.25, 0.3) is 5.91 Å². The van der Waals surface area contributed by atoms with Crippen LogP contribution in [0.1, 0.15) is 28.4 Å². The van der Waals surface area contributed by atoms with Crippen molar-refractivity contribution < 1.29 is 14.3 Å². The van der Waals surface area contributed by atoms with E-state index in [0.29, 0.717) is 18.7 Å². The number of fused-ring (bicyclic) bond motifs is 1. The SMILES string of the molecule is C[C@@H](OC(=O)c1ccc(-n2cncn2)cc1)C(=O)N1CCc2ccccc2C1. The zero-order chi connectivity index (χ0) is 19.5. The van der Waals surface area contributed by atoms with Gasteiger partial charge in [0.1, 0.15) is 12.7 Å². The van der Waals surface area contributed by atoms with Crippen molar-refractivity contribution >= 4 is 11.9 Å². The molecule has 28 heavy (non-hydrogen) atoms. The third-order valence-electron chi connectivity index (χ3n) is 4.86. The van der Waals surface area contributed by atoms with Gasteiger partial charge in [-0.3, -0.25) is 4.79 Å². The highest BCUT2D eigenvalue weighted by atomic mass is 16.5. The largest absolute Gasteiger partial charge is 0.449 e. The maximum absolute atomic E-state index is 12.7. The van der Waals surface area contributed by atoms with Gasteiger partial charge in [-0.2, -0.15) is 5.10 Å². The van der Waals surface area contributed by atoms with Gasteiger partial charge in [0.2, 0.25) is 0 Å². The molecule has 0 fully saturated rings. The molecule has 0 unspecified atom stereocenters. The second-order valence-corrected chi connectivity index (χ2v) is 6.71. The Balaban J connectivity index is 1.38. The molecule has 4 rings (SSSR count). The Kier molecular flexibility index (Phi) is 4.89. The smallest absolute Gasteiger partial charge is 0.338 e. The number of nitrogens with zero attached hydrogens (tertiary/aromatic N) is 4. The maximum atomic E-state index is 12.7. The molecule has 1 atom stereocenters. The molecule has 7 heteroatoms. The Labute approximate surface area is 162 Å². The first-order valence-corrected chi connectivity index (χ1v) is 9.13. The molecule has 2 heterocycles. The Morgan fingerprint density at radius 3 is 2.54 bits per heavy atom. The average Bonchev–Trinajstić information content (AvgIpc) is 3.28. The van der Waals surface area contributed by atoms with Crippen LogP contribution in [0.5, 0.6) is 0 Å². The van der Waals surface area contributed by atoms with Gasteiger partial charge in [-0.15, -0.1) is 0 Å². The highest BCUT2D eigenvalue weighted by molar-refractivity contribution is 5.92. The molecule has 0 N–H and O–H groups in total. The van der Waals surface area contributed by atoms with Crippen molar-refractivity contribution in [2.45, 2.75) is 26.0 Å². The predicted octanol–water partition coefficient (Wildman–Crippen LogP) is 2.40. The van der Waals surface area contributed by atoms with Crippen LogP contribution in [0.3, 0.4) is 0 Å². The van der Waals surface area contributed by atoms with Crippen LogP contribution < -0.4 is 0 Å². The summed E-state index contributed by atoms with van der Waals surface area (Å²) in [5.41, 5.74) is 3.57. The van der Waals surface area contributed by atoms with E-state index in [4.69, 9.17) is 4.74 Å². The Hall–Kier alpha value is -3.48. The standard InChI is InChI=1S/C21H20N4O3/c1-15(20(26)24-11-10-16-4-2-3-5-18(16)12-24)28-21(27)17-6-8-19(9-7-17)25-14-22-13-23-25/h2-9,13-15H,10-12H2,1H3/t15-/m1/s1. The molecule has 1 aliphatic rings. The minimum absolute atomic E-state index is 0.179. The fraction of sp³-hybridized carbons (Fsp3) is 0.238. The summed E-state index contributed by atoms with van der Waals surface area (Å²) in [5.74, 6) is -0.703. The van der Waals surface area contributed by atoms with Crippen molar-refractivity contribution in [1.29, 1.82) is 0 Å². The summed E-state index contributed by atoms with van der Waals surface area (Å²) in [6.45, 7) is 2.79. The molecule has 0 bridgehead atoms. The lowest BCUT2D eigenvalue weighted by molar-refractivity contribution is -0.140. The van der Waals surface area contributed by atoms with E-state index in [9.17, 15) is 9.59 Å². The van der Waals surface area contributed by atoms with Crippen molar-refractivity contribution in [3.05, 3.63) is 77.9 Å². The maximum Gasteiger partial charge on any atom is 0.338 e. The van der Waals surface area contributed by atoms with Gasteiger partial charge in [0.05, 0.1) is 11.3 Å². The number of ether oxygens (including phenoxy) is 1. The normalized spacial score (nSPS) is 14.2. The van der Waals surface area contributed by atoms with Crippen LogP contribution in [0, 0.1) is 0 Å². The fourth-order valence-electron chi connectivity index (χ4n) is 3.31. The summed E-state index contributed by atoms with van der Waals surface area (Å²) in [6.07, 6.45) is 2.98. The lowest BCUT2D eigenvalue weighted by Crippen LogP contribution is -2.42. The molecule has 1 aliphatic heterocycles. The van der Waals surface area contributed by atoms with E-state index in [0.717, 1.165) is 17.7 Å². The first-order chi connectivity index (χ1) is 13.6. The molecular weight excluding hydrogens is 356 g/mol. The summed E-state index contributed by atoms with van der Waals surface area (Å²) in [7, 11) is 0. The number of rotatable bonds is 4. The number of carbonyl (C=O) groups is 2. The zero-order valence-electron chi connectivity index (χ0n) is 15.5. The van der Waals surface area contributed by atoms with Crippen LogP contribution in [0.15, 0.2) is 61.2 Å². The third-order valence-corrected chi connectivity index (χ3v) is 4.86. The molecule has 1 amide bonds. The Morgan fingerprint density at radius 1 is 1.07 bits per heavy atom. The van der Waals surface area contributed by atoms with Crippen LogP contribution in [0.4, 0.5) is 0 Å². The molecule has 2 aromatic carbocycles. The Bertz CT molecular complexity index is 983. The lowest BCUT2D eigenvalue weighted by Gasteiger charge is -2.30. The van der Waals surface area contributed by atoms with Crippen molar-refractivity contribution in [1.82, 2.24) is 19.7 Å². The van der Waals surface area contributed by atoms with E-state index < -0.39 is 12.1 Å². The van der Waals surface area contributed by atoms with Crippen molar-refractivity contribution in [3.8, 4) is 5.69 Å². The highest BCUT2D eigenvalue weighted by Crippen LogP contribution is 2.20.